The highest BCUT2D eigenvalue weighted by atomic mass is 19.4. The maximum atomic E-state index is 13.7. The molecular formula is C19H23F3N4O2. The second-order valence-corrected chi connectivity index (χ2v) is 6.90. The van der Waals surface area contributed by atoms with Gasteiger partial charge in [-0.3, -0.25) is 4.79 Å². The smallest absolute Gasteiger partial charge is 0.410 e. The van der Waals surface area contributed by atoms with Gasteiger partial charge in [0.15, 0.2) is 6.04 Å². The first kappa shape index (κ1) is 20.0. The molecule has 0 saturated heterocycles. The van der Waals surface area contributed by atoms with Crippen molar-refractivity contribution >= 4 is 11.7 Å². The van der Waals surface area contributed by atoms with Crippen LogP contribution in [-0.4, -0.2) is 35.0 Å². The number of hydrogen-bond acceptors (Lipinski definition) is 4. The highest BCUT2D eigenvalue weighted by molar-refractivity contribution is 5.99. The third kappa shape index (κ3) is 3.93. The zero-order valence-electron chi connectivity index (χ0n) is 15.9. The van der Waals surface area contributed by atoms with Crippen LogP contribution in [0.4, 0.5) is 19.0 Å². The number of carbonyl (C=O) groups is 1. The predicted molar refractivity (Wildman–Crippen MR) is 98.5 cm³/mol. The van der Waals surface area contributed by atoms with Crippen LogP contribution in [-0.2, 0) is 0 Å². The number of benzene rings is 1. The average molecular weight is 396 g/mol. The standard InChI is InChI=1S/C19H23F3N4O2/c1-4-11(2)24-18(27)14-10-23-26-16(19(20,21)22)9-15(25-17(14)26)12-5-7-13(28-3)8-6-12/h5-8,10-11,15-16,25H,4,9H2,1-3H3,(H,24,27)/t11-,15+,16-/m0/s1. The van der Waals surface area contributed by atoms with Crippen molar-refractivity contribution in [3.8, 4) is 5.75 Å². The summed E-state index contributed by atoms with van der Waals surface area (Å²) in [6.45, 7) is 3.75. The number of aromatic nitrogens is 2. The lowest BCUT2D eigenvalue weighted by atomic mass is 9.96. The summed E-state index contributed by atoms with van der Waals surface area (Å²) in [5, 5.41) is 9.72. The number of methoxy groups -OCH3 is 1. The van der Waals surface area contributed by atoms with Crippen LogP contribution in [0.2, 0.25) is 0 Å². The summed E-state index contributed by atoms with van der Waals surface area (Å²) in [5.74, 6) is 0.250. The van der Waals surface area contributed by atoms with E-state index in [-0.39, 0.29) is 23.8 Å². The van der Waals surface area contributed by atoms with Gasteiger partial charge < -0.3 is 15.4 Å². The number of nitrogens with zero attached hydrogens (tertiary/aromatic N) is 2. The molecule has 2 heterocycles. The Bertz CT molecular complexity index is 833. The monoisotopic (exact) mass is 396 g/mol. The molecule has 0 spiro atoms. The summed E-state index contributed by atoms with van der Waals surface area (Å²) in [6, 6.07) is 4.30. The van der Waals surface area contributed by atoms with Crippen LogP contribution >= 0.6 is 0 Å². The van der Waals surface area contributed by atoms with E-state index in [1.54, 1.807) is 24.3 Å². The minimum absolute atomic E-state index is 0.0789. The maximum absolute atomic E-state index is 13.7. The molecule has 28 heavy (non-hydrogen) atoms. The molecule has 9 heteroatoms. The zero-order valence-corrected chi connectivity index (χ0v) is 15.9. The number of rotatable bonds is 5. The molecule has 1 aliphatic heterocycles. The van der Waals surface area contributed by atoms with Crippen molar-refractivity contribution in [3.05, 3.63) is 41.6 Å². The zero-order chi connectivity index (χ0) is 20.5. The van der Waals surface area contributed by atoms with Gasteiger partial charge in [-0.05, 0) is 31.0 Å². The molecule has 152 valence electrons. The number of anilines is 1. The van der Waals surface area contributed by atoms with Crippen molar-refractivity contribution < 1.29 is 22.7 Å². The fraction of sp³-hybridized carbons (Fsp3) is 0.474. The molecule has 0 saturated carbocycles. The van der Waals surface area contributed by atoms with E-state index in [1.165, 1.54) is 13.3 Å². The van der Waals surface area contributed by atoms with E-state index < -0.39 is 24.2 Å². The molecule has 1 amide bonds. The van der Waals surface area contributed by atoms with E-state index >= 15 is 0 Å². The third-order valence-electron chi connectivity index (χ3n) is 4.99. The Morgan fingerprint density at radius 3 is 2.64 bits per heavy atom. The number of halogens is 3. The van der Waals surface area contributed by atoms with E-state index in [2.05, 4.69) is 15.7 Å². The molecule has 1 aromatic carbocycles. The second kappa shape index (κ2) is 7.73. The molecule has 2 aromatic rings. The molecule has 3 rings (SSSR count). The molecule has 6 nitrogen and oxygen atoms in total. The summed E-state index contributed by atoms with van der Waals surface area (Å²) < 4.78 is 47.1. The lowest BCUT2D eigenvalue weighted by molar-refractivity contribution is -0.173. The molecule has 0 aliphatic carbocycles. The van der Waals surface area contributed by atoms with Crippen molar-refractivity contribution in [2.45, 2.75) is 51.0 Å². The first-order chi connectivity index (χ1) is 13.2. The van der Waals surface area contributed by atoms with Crippen LogP contribution in [0.3, 0.4) is 0 Å². The Hall–Kier alpha value is -2.71. The summed E-state index contributed by atoms with van der Waals surface area (Å²) in [4.78, 5) is 12.5. The lowest BCUT2D eigenvalue weighted by Crippen LogP contribution is -2.37. The van der Waals surface area contributed by atoms with Crippen molar-refractivity contribution in [2.24, 2.45) is 0 Å². The van der Waals surface area contributed by atoms with Crippen molar-refractivity contribution in [2.75, 3.05) is 12.4 Å². The minimum atomic E-state index is -4.49. The first-order valence-electron chi connectivity index (χ1n) is 9.10. The average Bonchev–Trinajstić information content (AvgIpc) is 3.10. The van der Waals surface area contributed by atoms with Crippen LogP contribution in [0.1, 0.15) is 54.7 Å². The Kier molecular flexibility index (Phi) is 5.53. The Labute approximate surface area is 161 Å². The van der Waals surface area contributed by atoms with Gasteiger partial charge in [-0.25, -0.2) is 4.68 Å². The molecule has 1 aromatic heterocycles. The molecule has 0 unspecified atom stereocenters. The van der Waals surface area contributed by atoms with Gasteiger partial charge in [0.1, 0.15) is 17.1 Å². The van der Waals surface area contributed by atoms with Gasteiger partial charge in [0.05, 0.1) is 19.3 Å². The Morgan fingerprint density at radius 2 is 2.07 bits per heavy atom. The van der Waals surface area contributed by atoms with Gasteiger partial charge in [-0.2, -0.15) is 18.3 Å². The van der Waals surface area contributed by atoms with Crippen LogP contribution in [0.15, 0.2) is 30.5 Å². The largest absolute Gasteiger partial charge is 0.497 e. The van der Waals surface area contributed by atoms with Crippen LogP contribution in [0.25, 0.3) is 0 Å². The molecular weight excluding hydrogens is 373 g/mol. The number of amides is 1. The lowest BCUT2D eigenvalue weighted by Gasteiger charge is -2.34. The number of nitrogens with one attached hydrogen (secondary N) is 2. The van der Waals surface area contributed by atoms with Gasteiger partial charge in [0, 0.05) is 12.5 Å². The molecule has 0 fully saturated rings. The molecule has 0 radical (unpaired) electrons. The van der Waals surface area contributed by atoms with Crippen molar-refractivity contribution in [1.82, 2.24) is 15.1 Å². The maximum Gasteiger partial charge on any atom is 0.410 e. The first-order valence-corrected chi connectivity index (χ1v) is 9.10. The number of alkyl halides is 3. The highest BCUT2D eigenvalue weighted by Gasteiger charge is 2.47. The van der Waals surface area contributed by atoms with E-state index in [0.29, 0.717) is 17.7 Å². The fourth-order valence-electron chi connectivity index (χ4n) is 3.19. The van der Waals surface area contributed by atoms with Crippen LogP contribution in [0.5, 0.6) is 5.75 Å². The SMILES string of the molecule is CC[C@H](C)NC(=O)c1cnn2c1N[C@@H](c1ccc(OC)cc1)C[C@H]2C(F)(F)F. The van der Waals surface area contributed by atoms with Crippen molar-refractivity contribution in [3.63, 3.8) is 0 Å². The number of carbonyl (C=O) groups excluding carboxylic acids is 1. The summed E-state index contributed by atoms with van der Waals surface area (Å²) in [6.07, 6.45) is -2.81. The molecule has 2 N–H and O–H groups in total. The highest BCUT2D eigenvalue weighted by Crippen LogP contribution is 2.44. The van der Waals surface area contributed by atoms with Crippen LogP contribution < -0.4 is 15.4 Å². The Balaban J connectivity index is 1.96. The van der Waals surface area contributed by atoms with Gasteiger partial charge in [-0.15, -0.1) is 0 Å². The summed E-state index contributed by atoms with van der Waals surface area (Å²) in [7, 11) is 1.52. The van der Waals surface area contributed by atoms with E-state index in [1.807, 2.05) is 13.8 Å². The second-order valence-electron chi connectivity index (χ2n) is 6.90. The van der Waals surface area contributed by atoms with E-state index in [9.17, 15) is 18.0 Å². The van der Waals surface area contributed by atoms with E-state index in [0.717, 1.165) is 4.68 Å². The van der Waals surface area contributed by atoms with Gasteiger partial charge in [0.2, 0.25) is 0 Å². The third-order valence-corrected chi connectivity index (χ3v) is 4.99. The predicted octanol–water partition coefficient (Wildman–Crippen LogP) is 4.08. The number of ether oxygens (including phenoxy) is 1. The summed E-state index contributed by atoms with van der Waals surface area (Å²) in [5.41, 5.74) is 0.781. The van der Waals surface area contributed by atoms with Gasteiger partial charge in [-0.1, -0.05) is 19.1 Å². The normalized spacial score (nSPS) is 20.1. The van der Waals surface area contributed by atoms with E-state index in [4.69, 9.17) is 4.74 Å². The number of fused-ring (bicyclic) bond motifs is 1. The summed E-state index contributed by atoms with van der Waals surface area (Å²) >= 11 is 0. The number of hydrogen-bond donors (Lipinski definition) is 2. The van der Waals surface area contributed by atoms with Gasteiger partial charge in [0.25, 0.3) is 5.91 Å². The van der Waals surface area contributed by atoms with Gasteiger partial charge >= 0.3 is 6.18 Å². The molecule has 0 bridgehead atoms. The topological polar surface area (TPSA) is 68.2 Å². The fourth-order valence-corrected chi connectivity index (χ4v) is 3.19. The minimum Gasteiger partial charge on any atom is -0.497 e. The van der Waals surface area contributed by atoms with Crippen LogP contribution in [0, 0.1) is 0 Å². The quantitative estimate of drug-likeness (QED) is 0.799. The molecule has 3 atom stereocenters. The molecule has 1 aliphatic rings. The Morgan fingerprint density at radius 1 is 1.39 bits per heavy atom. The van der Waals surface area contributed by atoms with Crippen molar-refractivity contribution in [1.29, 1.82) is 0 Å².